The van der Waals surface area contributed by atoms with Crippen molar-refractivity contribution in [1.82, 2.24) is 19.8 Å². The zero-order valence-electron chi connectivity index (χ0n) is 16.4. The molecule has 1 saturated heterocycles. The maximum Gasteiger partial charge on any atom is 0.263 e. The third kappa shape index (κ3) is 4.11. The lowest BCUT2D eigenvalue weighted by Crippen LogP contribution is -2.50. The molecule has 0 aliphatic carbocycles. The van der Waals surface area contributed by atoms with E-state index in [1.54, 1.807) is 17.0 Å². The molecule has 1 fully saturated rings. The van der Waals surface area contributed by atoms with Crippen molar-refractivity contribution in [2.24, 2.45) is 0 Å². The molecule has 3 heterocycles. The molecule has 1 unspecified atom stereocenters. The predicted molar refractivity (Wildman–Crippen MR) is 113 cm³/mol. The number of benzene rings is 1. The number of nitrogens with one attached hydrogen (secondary N) is 1. The molecule has 1 atom stereocenters. The van der Waals surface area contributed by atoms with Crippen LogP contribution in [0.2, 0.25) is 0 Å². The summed E-state index contributed by atoms with van der Waals surface area (Å²) in [6.07, 6.45) is 3.01. The van der Waals surface area contributed by atoms with Crippen molar-refractivity contribution in [3.8, 4) is 11.1 Å². The first-order chi connectivity index (χ1) is 14.4. The minimum atomic E-state index is -0.349. The first-order valence-electron chi connectivity index (χ1n) is 9.70. The van der Waals surface area contributed by atoms with E-state index in [1.807, 2.05) is 5.38 Å². The zero-order valence-corrected chi connectivity index (χ0v) is 17.2. The highest BCUT2D eigenvalue weighted by Gasteiger charge is 2.25. The Hall–Kier alpha value is -3.07. The van der Waals surface area contributed by atoms with E-state index in [0.29, 0.717) is 28.9 Å². The lowest BCUT2D eigenvalue weighted by molar-refractivity contribution is -0.134. The average Bonchev–Trinajstić information content (AvgIpc) is 3.15. The van der Waals surface area contributed by atoms with Gasteiger partial charge in [0.05, 0.1) is 11.7 Å². The molecule has 0 radical (unpaired) electrons. The van der Waals surface area contributed by atoms with Crippen molar-refractivity contribution in [2.45, 2.75) is 32.4 Å². The number of carbonyl (C=O) groups is 2. The van der Waals surface area contributed by atoms with Crippen LogP contribution in [-0.2, 0) is 16.1 Å². The van der Waals surface area contributed by atoms with Crippen molar-refractivity contribution >= 4 is 33.4 Å². The smallest absolute Gasteiger partial charge is 0.263 e. The molecule has 2 aromatic heterocycles. The normalized spacial score (nSPS) is 16.6. The number of amides is 2. The molecule has 0 spiro atoms. The molecule has 0 saturated carbocycles. The fraction of sp³-hybridized carbons (Fsp3) is 0.333. The van der Waals surface area contributed by atoms with E-state index in [9.17, 15) is 18.8 Å². The number of likely N-dealkylation sites (tertiary alicyclic amines) is 1. The minimum Gasteiger partial charge on any atom is -0.352 e. The molecular weight excluding hydrogens is 407 g/mol. The Bertz CT molecular complexity index is 1160. The van der Waals surface area contributed by atoms with Gasteiger partial charge >= 0.3 is 0 Å². The second kappa shape index (κ2) is 8.35. The molecule has 0 bridgehead atoms. The van der Waals surface area contributed by atoms with Gasteiger partial charge in [-0.1, -0.05) is 12.1 Å². The summed E-state index contributed by atoms with van der Waals surface area (Å²) in [5, 5.41) is 5.10. The number of aromatic nitrogens is 2. The molecule has 1 aromatic carbocycles. The standard InChI is InChI=1S/C21H21FN4O3S/c1-13(27)24-16-3-2-8-25(9-16)18(28)10-26-12-23-20-19(21(26)29)17(11-30-20)14-4-6-15(22)7-5-14/h4-7,11-12,16H,2-3,8-10H2,1H3,(H,24,27). The lowest BCUT2D eigenvalue weighted by Gasteiger charge is -2.33. The van der Waals surface area contributed by atoms with Crippen LogP contribution in [0, 0.1) is 5.82 Å². The fourth-order valence-electron chi connectivity index (χ4n) is 3.78. The summed E-state index contributed by atoms with van der Waals surface area (Å²) in [5.74, 6) is -0.656. The van der Waals surface area contributed by atoms with Gasteiger partial charge in [-0.3, -0.25) is 19.0 Å². The molecular formula is C21H21FN4O3S. The van der Waals surface area contributed by atoms with Gasteiger partial charge in [-0.25, -0.2) is 9.37 Å². The van der Waals surface area contributed by atoms with Gasteiger partial charge in [0.1, 0.15) is 17.2 Å². The summed E-state index contributed by atoms with van der Waals surface area (Å²) in [4.78, 5) is 43.8. The van der Waals surface area contributed by atoms with Crippen molar-refractivity contribution < 1.29 is 14.0 Å². The van der Waals surface area contributed by atoms with Crippen LogP contribution in [0.3, 0.4) is 0 Å². The highest BCUT2D eigenvalue weighted by atomic mass is 32.1. The first-order valence-corrected chi connectivity index (χ1v) is 10.6. The van der Waals surface area contributed by atoms with Crippen molar-refractivity contribution in [2.75, 3.05) is 13.1 Å². The number of hydrogen-bond acceptors (Lipinski definition) is 5. The number of rotatable bonds is 4. The van der Waals surface area contributed by atoms with E-state index in [-0.39, 0.29) is 35.8 Å². The van der Waals surface area contributed by atoms with E-state index < -0.39 is 0 Å². The van der Waals surface area contributed by atoms with Crippen LogP contribution in [0.25, 0.3) is 21.3 Å². The number of piperidine rings is 1. The number of hydrogen-bond donors (Lipinski definition) is 1. The predicted octanol–water partition coefficient (Wildman–Crippen LogP) is 2.39. The fourth-order valence-corrected chi connectivity index (χ4v) is 4.68. The van der Waals surface area contributed by atoms with E-state index in [1.165, 1.54) is 41.3 Å². The Balaban J connectivity index is 1.59. The van der Waals surface area contributed by atoms with Crippen molar-refractivity contribution in [1.29, 1.82) is 0 Å². The summed E-state index contributed by atoms with van der Waals surface area (Å²) in [6.45, 7) is 2.37. The second-order valence-corrected chi connectivity index (χ2v) is 8.25. The number of fused-ring (bicyclic) bond motifs is 1. The molecule has 3 aromatic rings. The Morgan fingerprint density at radius 3 is 2.80 bits per heavy atom. The van der Waals surface area contributed by atoms with Gasteiger partial charge in [0, 0.05) is 37.0 Å². The van der Waals surface area contributed by atoms with Crippen LogP contribution in [-0.4, -0.2) is 45.4 Å². The number of halogens is 1. The van der Waals surface area contributed by atoms with Crippen LogP contribution in [0.4, 0.5) is 4.39 Å². The molecule has 2 amide bonds. The Labute approximate surface area is 176 Å². The minimum absolute atomic E-state index is 0.0699. The zero-order chi connectivity index (χ0) is 21.3. The number of nitrogens with zero attached hydrogens (tertiary/aromatic N) is 3. The highest BCUT2D eigenvalue weighted by molar-refractivity contribution is 7.17. The molecule has 1 N–H and O–H groups in total. The monoisotopic (exact) mass is 428 g/mol. The van der Waals surface area contributed by atoms with Crippen LogP contribution in [0.5, 0.6) is 0 Å². The van der Waals surface area contributed by atoms with Gasteiger partial charge in [0.2, 0.25) is 11.8 Å². The van der Waals surface area contributed by atoms with E-state index in [4.69, 9.17) is 0 Å². The quantitative estimate of drug-likeness (QED) is 0.692. The van der Waals surface area contributed by atoms with Crippen molar-refractivity contribution in [3.05, 3.63) is 52.1 Å². The summed E-state index contributed by atoms with van der Waals surface area (Å²) >= 11 is 1.34. The van der Waals surface area contributed by atoms with Crippen molar-refractivity contribution in [3.63, 3.8) is 0 Å². The highest BCUT2D eigenvalue weighted by Crippen LogP contribution is 2.30. The Morgan fingerprint density at radius 1 is 1.30 bits per heavy atom. The third-order valence-electron chi connectivity index (χ3n) is 5.20. The van der Waals surface area contributed by atoms with Gasteiger partial charge in [-0.2, -0.15) is 0 Å². The summed E-state index contributed by atoms with van der Waals surface area (Å²) < 4.78 is 14.6. The molecule has 1 aliphatic heterocycles. The molecule has 156 valence electrons. The Kier molecular flexibility index (Phi) is 5.63. The molecule has 30 heavy (non-hydrogen) atoms. The SMILES string of the molecule is CC(=O)NC1CCCN(C(=O)Cn2cnc3scc(-c4ccc(F)cc4)c3c2=O)C1. The summed E-state index contributed by atoms with van der Waals surface area (Å²) in [5.41, 5.74) is 1.10. The van der Waals surface area contributed by atoms with Gasteiger partial charge in [0.25, 0.3) is 5.56 Å². The van der Waals surface area contributed by atoms with Crippen LogP contribution in [0.1, 0.15) is 19.8 Å². The van der Waals surface area contributed by atoms with E-state index >= 15 is 0 Å². The Morgan fingerprint density at radius 2 is 2.07 bits per heavy atom. The molecule has 4 rings (SSSR count). The average molecular weight is 428 g/mol. The van der Waals surface area contributed by atoms with Gasteiger partial charge in [-0.05, 0) is 30.5 Å². The lowest BCUT2D eigenvalue weighted by atomic mass is 10.1. The summed E-state index contributed by atoms with van der Waals surface area (Å²) in [7, 11) is 0. The number of thiophene rings is 1. The maximum atomic E-state index is 13.3. The maximum absolute atomic E-state index is 13.3. The topological polar surface area (TPSA) is 84.3 Å². The van der Waals surface area contributed by atoms with Gasteiger partial charge in [-0.15, -0.1) is 11.3 Å². The molecule has 9 heteroatoms. The van der Waals surface area contributed by atoms with Gasteiger partial charge < -0.3 is 10.2 Å². The van der Waals surface area contributed by atoms with Gasteiger partial charge in [0.15, 0.2) is 0 Å². The van der Waals surface area contributed by atoms with Crippen LogP contribution in [0.15, 0.2) is 40.8 Å². The molecule has 1 aliphatic rings. The largest absolute Gasteiger partial charge is 0.352 e. The first kappa shape index (κ1) is 20.2. The third-order valence-corrected chi connectivity index (χ3v) is 6.09. The van der Waals surface area contributed by atoms with E-state index in [0.717, 1.165) is 18.4 Å². The van der Waals surface area contributed by atoms with E-state index in [2.05, 4.69) is 10.3 Å². The molecule has 7 nitrogen and oxygen atoms in total. The summed E-state index contributed by atoms with van der Waals surface area (Å²) in [6, 6.07) is 5.86. The second-order valence-electron chi connectivity index (χ2n) is 7.39. The van der Waals surface area contributed by atoms with Crippen LogP contribution < -0.4 is 10.9 Å². The van der Waals surface area contributed by atoms with Crippen LogP contribution >= 0.6 is 11.3 Å². The number of carbonyl (C=O) groups excluding carboxylic acids is 2.